The number of thiocarbonyl (C=S) groups is 1. The molecule has 0 atom stereocenters. The SMILES string of the molecule is COCCCN1C(=O)C(=C2C(=O)N(CC(=O)Nc3cccc(C)c3)c3ccccc32)SC1=S. The van der Waals surface area contributed by atoms with E-state index in [1.165, 1.54) is 9.80 Å². The minimum Gasteiger partial charge on any atom is -0.385 e. The van der Waals surface area contributed by atoms with E-state index >= 15 is 0 Å². The van der Waals surface area contributed by atoms with Gasteiger partial charge in [0.1, 0.15) is 10.9 Å². The van der Waals surface area contributed by atoms with Crippen molar-refractivity contribution in [2.45, 2.75) is 13.3 Å². The third kappa shape index (κ3) is 4.71. The maximum absolute atomic E-state index is 13.5. The number of carbonyl (C=O) groups excluding carboxylic acids is 3. The topological polar surface area (TPSA) is 79.0 Å². The molecular formula is C24H23N3O4S2. The van der Waals surface area contributed by atoms with Gasteiger partial charge in [-0.2, -0.15) is 0 Å². The molecule has 0 bridgehead atoms. The number of rotatable bonds is 7. The van der Waals surface area contributed by atoms with E-state index in [1.807, 2.05) is 31.2 Å². The third-order valence-corrected chi connectivity index (χ3v) is 6.78. The number of para-hydroxylation sites is 1. The molecule has 0 radical (unpaired) electrons. The molecule has 9 heteroatoms. The summed E-state index contributed by atoms with van der Waals surface area (Å²) in [5.41, 5.74) is 3.20. The molecule has 0 unspecified atom stereocenters. The Morgan fingerprint density at radius 2 is 1.88 bits per heavy atom. The first-order valence-electron chi connectivity index (χ1n) is 10.5. The van der Waals surface area contributed by atoms with E-state index in [0.717, 1.165) is 17.3 Å². The number of fused-ring (bicyclic) bond motifs is 1. The van der Waals surface area contributed by atoms with E-state index in [-0.39, 0.29) is 24.3 Å². The van der Waals surface area contributed by atoms with Crippen LogP contribution in [0.2, 0.25) is 0 Å². The maximum atomic E-state index is 13.5. The minimum absolute atomic E-state index is 0.165. The van der Waals surface area contributed by atoms with Gasteiger partial charge >= 0.3 is 0 Å². The first kappa shape index (κ1) is 23.2. The average molecular weight is 482 g/mol. The number of methoxy groups -OCH3 is 1. The highest BCUT2D eigenvalue weighted by Crippen LogP contribution is 2.44. The second kappa shape index (κ2) is 9.86. The molecule has 2 aromatic carbocycles. The van der Waals surface area contributed by atoms with Crippen molar-refractivity contribution < 1.29 is 19.1 Å². The Kier molecular flexibility index (Phi) is 6.92. The molecule has 2 aliphatic rings. The van der Waals surface area contributed by atoms with Crippen LogP contribution in [0.25, 0.3) is 5.57 Å². The Bertz CT molecular complexity index is 1180. The summed E-state index contributed by atoms with van der Waals surface area (Å²) in [6.07, 6.45) is 0.640. The van der Waals surface area contributed by atoms with Crippen molar-refractivity contribution in [2.75, 3.05) is 37.0 Å². The monoisotopic (exact) mass is 481 g/mol. The van der Waals surface area contributed by atoms with Crippen LogP contribution in [0.1, 0.15) is 17.5 Å². The predicted octanol–water partition coefficient (Wildman–Crippen LogP) is 3.59. The Balaban J connectivity index is 1.60. The standard InChI is InChI=1S/C24H23N3O4S2/c1-15-7-5-8-16(13-15)25-19(28)14-27-18-10-4-3-9-17(18)20(22(27)29)21-23(30)26(24(32)33-21)11-6-12-31-2/h3-5,7-10,13H,6,11-12,14H2,1-2H3,(H,25,28). The number of hydrogen-bond acceptors (Lipinski definition) is 6. The van der Waals surface area contributed by atoms with Crippen LogP contribution in [-0.4, -0.2) is 53.7 Å². The minimum atomic E-state index is -0.381. The number of anilines is 2. The predicted molar refractivity (Wildman–Crippen MR) is 134 cm³/mol. The number of aryl methyl sites for hydroxylation is 1. The van der Waals surface area contributed by atoms with Crippen molar-refractivity contribution in [2.24, 2.45) is 0 Å². The Labute approximate surface area is 201 Å². The van der Waals surface area contributed by atoms with E-state index in [1.54, 1.807) is 31.4 Å². The molecule has 2 heterocycles. The molecule has 2 aliphatic heterocycles. The molecule has 1 N–H and O–H groups in total. The molecule has 1 saturated heterocycles. The number of thioether (sulfide) groups is 1. The van der Waals surface area contributed by atoms with Crippen molar-refractivity contribution in [3.8, 4) is 0 Å². The van der Waals surface area contributed by atoms with Gasteiger partial charge in [0.25, 0.3) is 11.8 Å². The largest absolute Gasteiger partial charge is 0.385 e. The molecule has 3 amide bonds. The molecule has 7 nitrogen and oxygen atoms in total. The highest BCUT2D eigenvalue weighted by atomic mass is 32.2. The van der Waals surface area contributed by atoms with Crippen LogP contribution in [0.5, 0.6) is 0 Å². The summed E-state index contributed by atoms with van der Waals surface area (Å²) in [5.74, 6) is -0.990. The van der Waals surface area contributed by atoms with Crippen molar-refractivity contribution in [3.63, 3.8) is 0 Å². The van der Waals surface area contributed by atoms with Crippen LogP contribution in [-0.2, 0) is 19.1 Å². The quantitative estimate of drug-likeness (QED) is 0.370. The zero-order valence-corrected chi connectivity index (χ0v) is 19.9. The van der Waals surface area contributed by atoms with E-state index in [2.05, 4.69) is 5.32 Å². The fourth-order valence-corrected chi connectivity index (χ4v) is 5.21. The molecule has 170 valence electrons. The second-order valence-corrected chi connectivity index (χ2v) is 9.35. The Hall–Kier alpha value is -3.01. The highest BCUT2D eigenvalue weighted by molar-refractivity contribution is 8.26. The van der Waals surface area contributed by atoms with Gasteiger partial charge in [0.05, 0.1) is 16.2 Å². The lowest BCUT2D eigenvalue weighted by atomic mass is 10.1. The number of carbonyl (C=O) groups is 3. The van der Waals surface area contributed by atoms with Crippen molar-refractivity contribution in [1.29, 1.82) is 0 Å². The lowest BCUT2D eigenvalue weighted by molar-refractivity contribution is -0.122. The highest BCUT2D eigenvalue weighted by Gasteiger charge is 2.42. The molecular weight excluding hydrogens is 458 g/mol. The number of benzene rings is 2. The maximum Gasteiger partial charge on any atom is 0.267 e. The van der Waals surface area contributed by atoms with Crippen LogP contribution in [0, 0.1) is 6.92 Å². The number of amides is 3. The van der Waals surface area contributed by atoms with Gasteiger partial charge in [-0.15, -0.1) is 0 Å². The van der Waals surface area contributed by atoms with Crippen LogP contribution >= 0.6 is 24.0 Å². The smallest absolute Gasteiger partial charge is 0.267 e. The Morgan fingerprint density at radius 3 is 2.64 bits per heavy atom. The van der Waals surface area contributed by atoms with Gasteiger partial charge in [0.15, 0.2) is 0 Å². The van der Waals surface area contributed by atoms with Gasteiger partial charge in [0, 0.05) is 31.5 Å². The summed E-state index contributed by atoms with van der Waals surface area (Å²) >= 11 is 6.53. The number of nitrogens with zero attached hydrogens (tertiary/aromatic N) is 2. The van der Waals surface area contributed by atoms with Crippen LogP contribution < -0.4 is 10.2 Å². The van der Waals surface area contributed by atoms with E-state index in [0.29, 0.717) is 51.3 Å². The Morgan fingerprint density at radius 1 is 1.09 bits per heavy atom. The second-order valence-electron chi connectivity index (χ2n) is 7.70. The third-order valence-electron chi connectivity index (χ3n) is 5.33. The lowest BCUT2D eigenvalue weighted by Crippen LogP contribution is -2.35. The summed E-state index contributed by atoms with van der Waals surface area (Å²) in [6, 6.07) is 14.6. The first-order valence-corrected chi connectivity index (χ1v) is 11.7. The van der Waals surface area contributed by atoms with Crippen molar-refractivity contribution in [1.82, 2.24) is 4.90 Å². The normalized spacial score (nSPS) is 17.7. The van der Waals surface area contributed by atoms with Crippen molar-refractivity contribution in [3.05, 3.63) is 64.6 Å². The summed E-state index contributed by atoms with van der Waals surface area (Å²) in [6.45, 7) is 2.71. The average Bonchev–Trinajstić information content (AvgIpc) is 3.21. The van der Waals surface area contributed by atoms with Crippen LogP contribution in [0.15, 0.2) is 53.4 Å². The fourth-order valence-electron chi connectivity index (χ4n) is 3.83. The van der Waals surface area contributed by atoms with Crippen molar-refractivity contribution >= 4 is 63.0 Å². The molecule has 0 aliphatic carbocycles. The van der Waals surface area contributed by atoms with Gasteiger partial charge in [-0.25, -0.2) is 0 Å². The summed E-state index contributed by atoms with van der Waals surface area (Å²) in [4.78, 5) is 42.5. The zero-order valence-electron chi connectivity index (χ0n) is 18.3. The van der Waals surface area contributed by atoms with E-state index in [9.17, 15) is 14.4 Å². The first-order chi connectivity index (χ1) is 15.9. The van der Waals surface area contributed by atoms with Gasteiger partial charge in [-0.3, -0.25) is 24.2 Å². The number of nitrogens with one attached hydrogen (secondary N) is 1. The molecule has 0 spiro atoms. The molecule has 33 heavy (non-hydrogen) atoms. The summed E-state index contributed by atoms with van der Waals surface area (Å²) in [5, 5.41) is 2.84. The fraction of sp³-hybridized carbons (Fsp3) is 0.250. The molecule has 4 rings (SSSR count). The molecule has 0 aromatic heterocycles. The van der Waals surface area contributed by atoms with Gasteiger partial charge in [0.2, 0.25) is 5.91 Å². The molecule has 0 saturated carbocycles. The summed E-state index contributed by atoms with van der Waals surface area (Å²) in [7, 11) is 1.60. The number of ether oxygens (including phenoxy) is 1. The van der Waals surface area contributed by atoms with E-state index in [4.69, 9.17) is 17.0 Å². The number of hydrogen-bond donors (Lipinski definition) is 1. The molecule has 2 aromatic rings. The lowest BCUT2D eigenvalue weighted by Gasteiger charge is -2.17. The van der Waals surface area contributed by atoms with Gasteiger partial charge in [-0.1, -0.05) is 54.3 Å². The molecule has 1 fully saturated rings. The zero-order chi connectivity index (χ0) is 23.5. The van der Waals surface area contributed by atoms with E-state index < -0.39 is 0 Å². The summed E-state index contributed by atoms with van der Waals surface area (Å²) < 4.78 is 5.48. The van der Waals surface area contributed by atoms with Gasteiger partial charge in [-0.05, 0) is 37.1 Å². The van der Waals surface area contributed by atoms with Crippen LogP contribution in [0.4, 0.5) is 11.4 Å². The van der Waals surface area contributed by atoms with Gasteiger partial charge < -0.3 is 10.1 Å². The van der Waals surface area contributed by atoms with Crippen LogP contribution in [0.3, 0.4) is 0 Å².